The van der Waals surface area contributed by atoms with Crippen LogP contribution in [0.3, 0.4) is 0 Å². The number of carboxylic acid groups (broad SMARTS) is 1. The lowest BCUT2D eigenvalue weighted by atomic mass is 9.74. The molecule has 0 bridgehead atoms. The third kappa shape index (κ3) is 2.83. The van der Waals surface area contributed by atoms with Crippen LogP contribution in [0, 0.1) is 5.41 Å². The summed E-state index contributed by atoms with van der Waals surface area (Å²) in [5.41, 5.74) is -2.10. The van der Waals surface area contributed by atoms with E-state index in [-0.39, 0.29) is 11.3 Å². The molecule has 0 spiro atoms. The summed E-state index contributed by atoms with van der Waals surface area (Å²) in [6.45, 7) is 6.30. The van der Waals surface area contributed by atoms with E-state index < -0.39 is 22.8 Å². The van der Waals surface area contributed by atoms with Crippen molar-refractivity contribution in [2.75, 3.05) is 0 Å². The van der Waals surface area contributed by atoms with E-state index in [1.165, 1.54) is 26.1 Å². The minimum Gasteiger partial charge on any atom is -0.505 e. The third-order valence-electron chi connectivity index (χ3n) is 3.57. The van der Waals surface area contributed by atoms with Gasteiger partial charge in [-0.05, 0) is 33.8 Å². The minimum atomic E-state index is -1.16. The fourth-order valence-corrected chi connectivity index (χ4v) is 1.35. The largest absolute Gasteiger partial charge is 0.505 e. The van der Waals surface area contributed by atoms with Crippen molar-refractivity contribution in [3.63, 3.8) is 0 Å². The molecular weight excluding hydrogens is 248 g/mol. The van der Waals surface area contributed by atoms with Crippen LogP contribution in [0.25, 0.3) is 0 Å². The Morgan fingerprint density at radius 2 is 1.84 bits per heavy atom. The van der Waals surface area contributed by atoms with Crippen LogP contribution in [0.15, 0.2) is 18.5 Å². The summed E-state index contributed by atoms with van der Waals surface area (Å²) < 4.78 is 0. The number of hydrogen-bond donors (Lipinski definition) is 3. The van der Waals surface area contributed by atoms with Gasteiger partial charge in [-0.25, -0.2) is 0 Å². The number of nitrogens with zero attached hydrogens (tertiary/aromatic N) is 1. The van der Waals surface area contributed by atoms with Gasteiger partial charge < -0.3 is 15.5 Å². The highest BCUT2D eigenvalue weighted by Crippen LogP contribution is 2.31. The Labute approximate surface area is 111 Å². The highest BCUT2D eigenvalue weighted by Gasteiger charge is 2.44. The molecule has 6 nitrogen and oxygen atoms in total. The summed E-state index contributed by atoms with van der Waals surface area (Å²) in [4.78, 5) is 27.0. The summed E-state index contributed by atoms with van der Waals surface area (Å²) in [6, 6.07) is 1.37. The number of aromatic hydroxyl groups is 1. The van der Waals surface area contributed by atoms with Gasteiger partial charge in [0, 0.05) is 6.20 Å². The number of aromatic nitrogens is 1. The van der Waals surface area contributed by atoms with Crippen molar-refractivity contribution in [1.29, 1.82) is 0 Å². The standard InChI is InChI=1S/C13H18N2O4/c1-12(2,11(18)19)13(3,4)15-10(17)8-5-6-14-7-9(8)16/h5-7,16H,1-4H3,(H,15,17)(H,18,19). The van der Waals surface area contributed by atoms with Crippen molar-refractivity contribution in [2.45, 2.75) is 33.2 Å². The first kappa shape index (κ1) is 14.9. The van der Waals surface area contributed by atoms with Gasteiger partial charge in [0.25, 0.3) is 5.91 Å². The van der Waals surface area contributed by atoms with Crippen LogP contribution in [0.1, 0.15) is 38.1 Å². The molecule has 1 amide bonds. The maximum Gasteiger partial charge on any atom is 0.311 e. The first-order chi connectivity index (χ1) is 8.59. The van der Waals surface area contributed by atoms with Crippen LogP contribution in [0.5, 0.6) is 5.75 Å². The second-order valence-electron chi connectivity index (χ2n) is 5.40. The molecule has 0 aromatic carbocycles. The predicted octanol–water partition coefficient (Wildman–Crippen LogP) is 1.41. The molecular formula is C13H18N2O4. The van der Waals surface area contributed by atoms with E-state index in [0.717, 1.165) is 6.20 Å². The molecule has 0 saturated carbocycles. The van der Waals surface area contributed by atoms with Crippen molar-refractivity contribution < 1.29 is 19.8 Å². The van der Waals surface area contributed by atoms with Crippen LogP contribution < -0.4 is 5.32 Å². The minimum absolute atomic E-state index is 0.0595. The molecule has 1 aromatic rings. The van der Waals surface area contributed by atoms with Crippen molar-refractivity contribution >= 4 is 11.9 Å². The van der Waals surface area contributed by atoms with Gasteiger partial charge in [-0.3, -0.25) is 14.6 Å². The SMILES string of the molecule is CC(C)(NC(=O)c1ccncc1O)C(C)(C)C(=O)O. The molecule has 0 fully saturated rings. The number of carbonyl (C=O) groups excluding carboxylic acids is 1. The lowest BCUT2D eigenvalue weighted by molar-refractivity contribution is -0.150. The van der Waals surface area contributed by atoms with Crippen LogP contribution in [0.4, 0.5) is 0 Å². The van der Waals surface area contributed by atoms with E-state index >= 15 is 0 Å². The first-order valence-electron chi connectivity index (χ1n) is 5.78. The normalized spacial score (nSPS) is 12.0. The molecule has 0 aliphatic heterocycles. The topological polar surface area (TPSA) is 99.5 Å². The van der Waals surface area contributed by atoms with Gasteiger partial charge in [-0.2, -0.15) is 0 Å². The van der Waals surface area contributed by atoms with Gasteiger partial charge in [0.15, 0.2) is 0 Å². The number of hydrogen-bond acceptors (Lipinski definition) is 4. The molecule has 1 aromatic heterocycles. The summed E-state index contributed by atoms with van der Waals surface area (Å²) in [5, 5.41) is 21.4. The second-order valence-corrected chi connectivity index (χ2v) is 5.40. The fraction of sp³-hybridized carbons (Fsp3) is 0.462. The number of amides is 1. The van der Waals surface area contributed by atoms with Crippen LogP contribution in [0.2, 0.25) is 0 Å². The van der Waals surface area contributed by atoms with Gasteiger partial charge in [0.05, 0.1) is 22.7 Å². The van der Waals surface area contributed by atoms with Crippen molar-refractivity contribution in [1.82, 2.24) is 10.3 Å². The molecule has 6 heteroatoms. The van der Waals surface area contributed by atoms with E-state index in [2.05, 4.69) is 10.3 Å². The number of carbonyl (C=O) groups is 2. The van der Waals surface area contributed by atoms with Gasteiger partial charge in [-0.1, -0.05) is 0 Å². The molecule has 104 valence electrons. The molecule has 19 heavy (non-hydrogen) atoms. The molecule has 0 aliphatic carbocycles. The summed E-state index contributed by atoms with van der Waals surface area (Å²) in [6.07, 6.45) is 2.54. The van der Waals surface area contributed by atoms with Crippen molar-refractivity contribution in [3.8, 4) is 5.75 Å². The third-order valence-corrected chi connectivity index (χ3v) is 3.57. The second kappa shape index (κ2) is 4.87. The Hall–Kier alpha value is -2.11. The van der Waals surface area contributed by atoms with E-state index in [9.17, 15) is 19.8 Å². The molecule has 0 radical (unpaired) electrons. The fourth-order valence-electron chi connectivity index (χ4n) is 1.35. The van der Waals surface area contributed by atoms with Crippen molar-refractivity contribution in [2.24, 2.45) is 5.41 Å². The van der Waals surface area contributed by atoms with E-state index in [1.807, 2.05) is 0 Å². The lowest BCUT2D eigenvalue weighted by Gasteiger charge is -2.38. The van der Waals surface area contributed by atoms with E-state index in [4.69, 9.17) is 0 Å². The Morgan fingerprint density at radius 1 is 1.26 bits per heavy atom. The van der Waals surface area contributed by atoms with Crippen molar-refractivity contribution in [3.05, 3.63) is 24.0 Å². The molecule has 0 unspecified atom stereocenters. The van der Waals surface area contributed by atoms with Gasteiger partial charge in [-0.15, -0.1) is 0 Å². The van der Waals surface area contributed by atoms with E-state index in [1.54, 1.807) is 13.8 Å². The molecule has 0 saturated heterocycles. The molecule has 3 N–H and O–H groups in total. The number of rotatable bonds is 4. The maximum absolute atomic E-state index is 12.1. The number of pyridine rings is 1. The maximum atomic E-state index is 12.1. The van der Waals surface area contributed by atoms with Crippen LogP contribution in [-0.2, 0) is 4.79 Å². The lowest BCUT2D eigenvalue weighted by Crippen LogP contribution is -2.56. The average molecular weight is 266 g/mol. The number of nitrogens with one attached hydrogen (secondary N) is 1. The Balaban J connectivity index is 3.00. The Morgan fingerprint density at radius 3 is 2.32 bits per heavy atom. The smallest absolute Gasteiger partial charge is 0.311 e. The van der Waals surface area contributed by atoms with Gasteiger partial charge >= 0.3 is 5.97 Å². The summed E-state index contributed by atoms with van der Waals surface area (Å²) >= 11 is 0. The van der Waals surface area contributed by atoms with Gasteiger partial charge in [0.1, 0.15) is 5.75 Å². The van der Waals surface area contributed by atoms with E-state index in [0.29, 0.717) is 0 Å². The summed E-state index contributed by atoms with van der Waals surface area (Å²) in [5.74, 6) is -1.81. The summed E-state index contributed by atoms with van der Waals surface area (Å²) in [7, 11) is 0. The molecule has 1 heterocycles. The highest BCUT2D eigenvalue weighted by atomic mass is 16.4. The van der Waals surface area contributed by atoms with Crippen LogP contribution in [-0.4, -0.2) is 32.6 Å². The molecule has 1 rings (SSSR count). The number of aliphatic carboxylic acids is 1. The molecule has 0 aliphatic rings. The predicted molar refractivity (Wildman–Crippen MR) is 68.9 cm³/mol. The average Bonchev–Trinajstić information content (AvgIpc) is 2.28. The quantitative estimate of drug-likeness (QED) is 0.765. The highest BCUT2D eigenvalue weighted by molar-refractivity contribution is 5.97. The zero-order valence-electron chi connectivity index (χ0n) is 11.4. The zero-order valence-corrected chi connectivity index (χ0v) is 11.4. The van der Waals surface area contributed by atoms with Crippen LogP contribution >= 0.6 is 0 Å². The Bertz CT molecular complexity index is 509. The monoisotopic (exact) mass is 266 g/mol. The zero-order chi connectivity index (χ0) is 14.8. The first-order valence-corrected chi connectivity index (χ1v) is 5.78. The number of carboxylic acids is 1. The molecule has 0 atom stereocenters. The Kier molecular flexibility index (Phi) is 3.83. The van der Waals surface area contributed by atoms with Gasteiger partial charge in [0.2, 0.25) is 0 Å².